The van der Waals surface area contributed by atoms with Crippen molar-refractivity contribution in [3.63, 3.8) is 0 Å². The number of likely N-dealkylation sites (tertiary alicyclic amines) is 1. The van der Waals surface area contributed by atoms with Crippen LogP contribution in [0.1, 0.15) is 45.3 Å². The van der Waals surface area contributed by atoms with Crippen LogP contribution >= 0.6 is 0 Å². The molecule has 4 N–H and O–H groups in total. The van der Waals surface area contributed by atoms with E-state index in [4.69, 9.17) is 4.43 Å². The maximum absolute atomic E-state index is 12.6. The molecule has 2 aliphatic rings. The molecule has 0 spiro atoms. The maximum atomic E-state index is 12.6. The lowest BCUT2D eigenvalue weighted by molar-refractivity contribution is -0.138. The third kappa shape index (κ3) is 6.47. The van der Waals surface area contributed by atoms with E-state index in [0.717, 1.165) is 31.5 Å². The lowest BCUT2D eigenvalue weighted by Crippen LogP contribution is -2.54. The van der Waals surface area contributed by atoms with E-state index in [1.165, 1.54) is 17.0 Å². The molecule has 10 nitrogen and oxygen atoms in total. The number of nitrogens with zero attached hydrogens (tertiary/aromatic N) is 2. The number of piperidine rings is 1. The first-order chi connectivity index (χ1) is 18.3. The van der Waals surface area contributed by atoms with Crippen molar-refractivity contribution in [1.29, 1.82) is 0 Å². The van der Waals surface area contributed by atoms with Crippen LogP contribution in [0.5, 0.6) is 5.75 Å². The minimum absolute atomic E-state index is 0.0494. The molecule has 2 aliphatic heterocycles. The Kier molecular flexibility index (Phi) is 8.43. The van der Waals surface area contributed by atoms with Gasteiger partial charge in [-0.2, -0.15) is 0 Å². The number of phenols is 1. The predicted octanol–water partition coefficient (Wildman–Crippen LogP) is 3.73. The predicted molar refractivity (Wildman–Crippen MR) is 153 cm³/mol. The van der Waals surface area contributed by atoms with Gasteiger partial charge in [-0.15, -0.1) is 0 Å². The number of rotatable bonds is 8. The fraction of sp³-hybridized carbons (Fsp3) is 0.607. The van der Waals surface area contributed by atoms with Crippen molar-refractivity contribution >= 4 is 31.2 Å². The van der Waals surface area contributed by atoms with Crippen molar-refractivity contribution in [2.45, 2.75) is 57.8 Å². The number of aromatic nitrogens is 1. The number of carbonyl (C=O) groups is 2. The molecule has 4 rings (SSSR count). The molecule has 1 aromatic heterocycles. The number of hydrogen-bond acceptors (Lipinski definition) is 6. The van der Waals surface area contributed by atoms with Crippen LogP contribution < -0.4 is 10.9 Å². The summed E-state index contributed by atoms with van der Waals surface area (Å²) in [6.45, 7) is 13.9. The van der Waals surface area contributed by atoms with E-state index in [1.807, 2.05) is 4.90 Å². The zero-order chi connectivity index (χ0) is 28.5. The van der Waals surface area contributed by atoms with Gasteiger partial charge in [0.1, 0.15) is 5.75 Å². The molecule has 11 heteroatoms. The van der Waals surface area contributed by atoms with Crippen molar-refractivity contribution in [3.8, 4) is 5.75 Å². The first-order valence-corrected chi connectivity index (χ1v) is 16.7. The molecule has 0 radical (unpaired) electrons. The second kappa shape index (κ2) is 11.3. The van der Waals surface area contributed by atoms with Crippen LogP contribution in [0.4, 0.5) is 4.79 Å². The lowest BCUT2D eigenvalue weighted by Gasteiger charge is -2.41. The Bertz CT molecular complexity index is 1260. The largest absolute Gasteiger partial charge is 0.506 e. The number of aromatic hydroxyl groups is 1. The third-order valence-corrected chi connectivity index (χ3v) is 13.2. The molecule has 3 heterocycles. The van der Waals surface area contributed by atoms with Gasteiger partial charge in [0.15, 0.2) is 8.32 Å². The number of pyridine rings is 1. The number of hydrogen-bond donors (Lipinski definition) is 4. The van der Waals surface area contributed by atoms with Crippen molar-refractivity contribution < 1.29 is 24.2 Å². The first kappa shape index (κ1) is 29.1. The van der Waals surface area contributed by atoms with Crippen LogP contribution in [-0.4, -0.2) is 84.6 Å². The number of benzene rings is 1. The molecule has 0 saturated carbocycles. The molecule has 2 amide bonds. The van der Waals surface area contributed by atoms with Gasteiger partial charge in [0, 0.05) is 44.2 Å². The van der Waals surface area contributed by atoms with Gasteiger partial charge in [-0.05, 0) is 54.6 Å². The second-order valence-electron chi connectivity index (χ2n) is 12.5. The van der Waals surface area contributed by atoms with Crippen molar-refractivity contribution in [1.82, 2.24) is 20.1 Å². The van der Waals surface area contributed by atoms with Crippen molar-refractivity contribution in [2.24, 2.45) is 11.8 Å². The normalized spacial score (nSPS) is 18.1. The number of nitrogens with one attached hydrogen (secondary N) is 2. The number of carbonyl (C=O) groups excluding carboxylic acids is 1. The van der Waals surface area contributed by atoms with Gasteiger partial charge >= 0.3 is 6.09 Å². The van der Waals surface area contributed by atoms with Gasteiger partial charge in [-0.25, -0.2) is 4.79 Å². The summed E-state index contributed by atoms with van der Waals surface area (Å²) in [6, 6.07) is 6.33. The van der Waals surface area contributed by atoms with Crippen LogP contribution in [0.15, 0.2) is 29.1 Å². The van der Waals surface area contributed by atoms with E-state index in [2.05, 4.69) is 44.2 Å². The molecule has 2 saturated heterocycles. The maximum Gasteiger partial charge on any atom is 0.407 e. The number of carboxylic acid groups (broad SMARTS) is 1. The Morgan fingerprint density at radius 2 is 1.82 bits per heavy atom. The molecule has 1 aromatic carbocycles. The highest BCUT2D eigenvalue weighted by Gasteiger charge is 2.41. The lowest BCUT2D eigenvalue weighted by atomic mass is 9.93. The highest BCUT2D eigenvalue weighted by atomic mass is 28.4. The number of amides is 2. The first-order valence-electron chi connectivity index (χ1n) is 13.8. The van der Waals surface area contributed by atoms with Gasteiger partial charge in [-0.1, -0.05) is 26.8 Å². The molecular weight excluding hydrogens is 516 g/mol. The van der Waals surface area contributed by atoms with E-state index >= 15 is 0 Å². The van der Waals surface area contributed by atoms with E-state index in [9.17, 15) is 24.6 Å². The molecule has 0 aliphatic carbocycles. The molecule has 1 atom stereocenters. The van der Waals surface area contributed by atoms with Crippen molar-refractivity contribution in [3.05, 3.63) is 40.2 Å². The molecule has 0 bridgehead atoms. The van der Waals surface area contributed by atoms with Crippen LogP contribution in [0, 0.1) is 11.8 Å². The molecule has 0 unspecified atom stereocenters. The van der Waals surface area contributed by atoms with Gasteiger partial charge in [0.05, 0.1) is 24.1 Å². The smallest absolute Gasteiger partial charge is 0.407 e. The van der Waals surface area contributed by atoms with Gasteiger partial charge in [-0.3, -0.25) is 9.59 Å². The average Bonchev–Trinajstić information content (AvgIpc) is 2.82. The van der Waals surface area contributed by atoms with Crippen LogP contribution in [0.25, 0.3) is 10.9 Å². The summed E-state index contributed by atoms with van der Waals surface area (Å²) in [7, 11) is -2.35. The summed E-state index contributed by atoms with van der Waals surface area (Å²) in [5.74, 6) is 0.362. The number of aromatic amines is 1. The summed E-state index contributed by atoms with van der Waals surface area (Å²) in [6.07, 6.45) is -0.0993. The van der Waals surface area contributed by atoms with Crippen LogP contribution in [0.3, 0.4) is 0 Å². The third-order valence-electron chi connectivity index (χ3n) is 8.69. The Labute approximate surface area is 230 Å². The zero-order valence-corrected chi connectivity index (χ0v) is 24.6. The summed E-state index contributed by atoms with van der Waals surface area (Å²) in [5.41, 5.74) is 0.705. The van der Waals surface area contributed by atoms with E-state index in [1.54, 1.807) is 12.1 Å². The van der Waals surface area contributed by atoms with Gasteiger partial charge in [0.2, 0.25) is 11.5 Å². The summed E-state index contributed by atoms with van der Waals surface area (Å²) < 4.78 is 6.83. The minimum Gasteiger partial charge on any atom is -0.506 e. The SMILES string of the molecule is CC(C)(C)[Si](C)(C)O[C@@H](CN(CC1CCN(C(=O)C2CNC2)CC1)C(=O)O)c1ccc(O)c2[nH]c(=O)ccc12. The highest BCUT2D eigenvalue weighted by Crippen LogP contribution is 2.41. The minimum atomic E-state index is -2.35. The van der Waals surface area contributed by atoms with E-state index in [0.29, 0.717) is 30.5 Å². The summed E-state index contributed by atoms with van der Waals surface area (Å²) >= 11 is 0. The average molecular weight is 559 g/mol. The Morgan fingerprint density at radius 3 is 2.38 bits per heavy atom. The number of fused-ring (bicyclic) bond motifs is 1. The van der Waals surface area contributed by atoms with E-state index in [-0.39, 0.29) is 40.6 Å². The Hall–Kier alpha value is -2.89. The van der Waals surface area contributed by atoms with Crippen LogP contribution in [-0.2, 0) is 9.22 Å². The number of phenolic OH excluding ortho intramolecular Hbond substituents is 1. The molecule has 39 heavy (non-hydrogen) atoms. The molecular formula is C28H42N4O6Si. The summed E-state index contributed by atoms with van der Waals surface area (Å²) in [4.78, 5) is 43.1. The Morgan fingerprint density at radius 1 is 1.15 bits per heavy atom. The second-order valence-corrected chi connectivity index (χ2v) is 17.2. The van der Waals surface area contributed by atoms with Gasteiger partial charge in [0.25, 0.3) is 0 Å². The molecule has 214 valence electrons. The number of H-pyrrole nitrogens is 1. The molecule has 2 fully saturated rings. The molecule has 2 aromatic rings. The summed E-state index contributed by atoms with van der Waals surface area (Å²) in [5, 5.41) is 24.3. The van der Waals surface area contributed by atoms with Crippen LogP contribution in [0.2, 0.25) is 18.1 Å². The van der Waals surface area contributed by atoms with E-state index < -0.39 is 20.5 Å². The fourth-order valence-electron chi connectivity index (χ4n) is 5.07. The fourth-order valence-corrected chi connectivity index (χ4v) is 6.34. The van der Waals surface area contributed by atoms with Crippen molar-refractivity contribution in [2.75, 3.05) is 39.3 Å². The standard InChI is InChI=1S/C28H42N4O6Si/c1-28(2,3)39(4,5)38-23(20-6-8-22(33)25-21(20)7-9-24(34)30-25)17-32(27(36)37)16-18-10-12-31(13-11-18)26(35)19-14-29-15-19/h6-9,18-19,23,29,33H,10-17H2,1-5H3,(H,30,34)(H,36,37)/t23-/m0/s1. The topological polar surface area (TPSA) is 135 Å². The highest BCUT2D eigenvalue weighted by molar-refractivity contribution is 6.74. The zero-order valence-electron chi connectivity index (χ0n) is 23.6. The van der Waals surface area contributed by atoms with Gasteiger partial charge < -0.3 is 34.7 Å². The monoisotopic (exact) mass is 558 g/mol. The Balaban J connectivity index is 1.57. The quantitative estimate of drug-likeness (QED) is 0.363.